The average molecular weight is 328 g/mol. The van der Waals surface area contributed by atoms with Crippen LogP contribution in [0.25, 0.3) is 0 Å². The van der Waals surface area contributed by atoms with Gasteiger partial charge < -0.3 is 14.7 Å². The summed E-state index contributed by atoms with van der Waals surface area (Å²) < 4.78 is 4.98. The van der Waals surface area contributed by atoms with Crippen molar-refractivity contribution in [3.05, 3.63) is 35.5 Å². The Bertz CT molecular complexity index is 784. The van der Waals surface area contributed by atoms with Crippen LogP contribution in [0.5, 0.6) is 0 Å². The van der Waals surface area contributed by atoms with Crippen molar-refractivity contribution < 1.29 is 14.1 Å². The van der Waals surface area contributed by atoms with E-state index < -0.39 is 6.04 Å². The van der Waals surface area contributed by atoms with Gasteiger partial charge in [0.25, 0.3) is 0 Å². The van der Waals surface area contributed by atoms with Crippen molar-refractivity contribution in [3.8, 4) is 0 Å². The lowest BCUT2D eigenvalue weighted by molar-refractivity contribution is -0.117. The second-order valence-electron chi connectivity index (χ2n) is 5.95. The van der Waals surface area contributed by atoms with E-state index in [0.29, 0.717) is 18.1 Å². The number of carbonyl (C=O) groups excluding carboxylic acids is 2. The zero-order chi connectivity index (χ0) is 17.3. The molecule has 24 heavy (non-hydrogen) atoms. The topological polar surface area (TPSA) is 87.5 Å². The van der Waals surface area contributed by atoms with Crippen LogP contribution in [0.15, 0.2) is 28.8 Å². The Kier molecular flexibility index (Phi) is 4.24. The monoisotopic (exact) mass is 328 g/mol. The number of aromatic nitrogens is 1. The smallest absolute Gasteiger partial charge is 0.248 e. The van der Waals surface area contributed by atoms with E-state index in [4.69, 9.17) is 4.52 Å². The molecule has 0 spiro atoms. The number of hydrogen-bond donors (Lipinski definition) is 2. The fraction of sp³-hybridized carbons (Fsp3) is 0.353. The molecule has 1 atom stereocenters. The number of aryl methyl sites for hydroxylation is 1. The minimum absolute atomic E-state index is 0.0459. The summed E-state index contributed by atoms with van der Waals surface area (Å²) in [4.78, 5) is 25.5. The number of nitrogens with one attached hydrogen (secondary N) is 2. The van der Waals surface area contributed by atoms with Crippen LogP contribution in [0.2, 0.25) is 0 Å². The van der Waals surface area contributed by atoms with E-state index in [1.54, 1.807) is 31.7 Å². The minimum atomic E-state index is -0.446. The van der Waals surface area contributed by atoms with E-state index >= 15 is 0 Å². The standard InChI is InChI=1S/C17H20N4O3/c1-10-8-16(24-20-10)19-17(23)11(2)18-14-4-5-15-13(9-14)6-7-21(15)12(3)22/h4-5,8-9,11,18H,6-7H2,1-3H3,(H,19,23)/t11-/m0/s1. The van der Waals surface area contributed by atoms with Crippen LogP contribution in [0.3, 0.4) is 0 Å². The molecular weight excluding hydrogens is 308 g/mol. The highest BCUT2D eigenvalue weighted by Crippen LogP contribution is 2.30. The van der Waals surface area contributed by atoms with Gasteiger partial charge in [0.1, 0.15) is 6.04 Å². The molecule has 2 heterocycles. The third kappa shape index (κ3) is 3.24. The molecule has 0 aliphatic carbocycles. The van der Waals surface area contributed by atoms with E-state index in [-0.39, 0.29) is 11.8 Å². The number of anilines is 3. The maximum atomic E-state index is 12.2. The number of fused-ring (bicyclic) bond motifs is 1. The Morgan fingerprint density at radius 1 is 1.33 bits per heavy atom. The molecule has 1 aliphatic heterocycles. The number of rotatable bonds is 4. The molecule has 2 N–H and O–H groups in total. The van der Waals surface area contributed by atoms with Crippen molar-refractivity contribution in [2.24, 2.45) is 0 Å². The molecule has 1 aromatic heterocycles. The summed E-state index contributed by atoms with van der Waals surface area (Å²) in [6.45, 7) is 5.83. The first kappa shape index (κ1) is 16.0. The molecule has 0 bridgehead atoms. The SMILES string of the molecule is CC(=O)N1CCc2cc(N[C@@H](C)C(=O)Nc3cc(C)no3)ccc21. The second kappa shape index (κ2) is 6.35. The van der Waals surface area contributed by atoms with E-state index in [9.17, 15) is 9.59 Å². The molecule has 7 nitrogen and oxygen atoms in total. The largest absolute Gasteiger partial charge is 0.374 e. The van der Waals surface area contributed by atoms with Crippen LogP contribution in [0.4, 0.5) is 17.3 Å². The van der Waals surface area contributed by atoms with Gasteiger partial charge >= 0.3 is 0 Å². The van der Waals surface area contributed by atoms with Gasteiger partial charge in [-0.1, -0.05) is 5.16 Å². The normalized spacial score (nSPS) is 14.2. The maximum absolute atomic E-state index is 12.2. The maximum Gasteiger partial charge on any atom is 0.248 e. The van der Waals surface area contributed by atoms with Crippen LogP contribution in [0.1, 0.15) is 25.1 Å². The van der Waals surface area contributed by atoms with Crippen molar-refractivity contribution >= 4 is 29.1 Å². The summed E-state index contributed by atoms with van der Waals surface area (Å²) in [7, 11) is 0. The Morgan fingerprint density at radius 2 is 2.12 bits per heavy atom. The molecule has 0 saturated carbocycles. The first-order chi connectivity index (χ1) is 11.4. The predicted octanol–water partition coefficient (Wildman–Crippen LogP) is 2.33. The highest BCUT2D eigenvalue weighted by molar-refractivity contribution is 5.96. The Balaban J connectivity index is 1.65. The highest BCUT2D eigenvalue weighted by Gasteiger charge is 2.23. The van der Waals surface area contributed by atoms with Gasteiger partial charge in [-0.2, -0.15) is 0 Å². The fourth-order valence-corrected chi connectivity index (χ4v) is 2.79. The van der Waals surface area contributed by atoms with E-state index in [1.165, 1.54) is 0 Å². The van der Waals surface area contributed by atoms with Gasteiger partial charge in [-0.05, 0) is 44.0 Å². The molecule has 0 unspecified atom stereocenters. The second-order valence-corrected chi connectivity index (χ2v) is 5.95. The van der Waals surface area contributed by atoms with Crippen molar-refractivity contribution in [1.29, 1.82) is 0 Å². The first-order valence-electron chi connectivity index (χ1n) is 7.86. The minimum Gasteiger partial charge on any atom is -0.374 e. The lowest BCUT2D eigenvalue weighted by atomic mass is 10.1. The molecule has 1 aromatic carbocycles. The third-order valence-corrected chi connectivity index (χ3v) is 4.01. The van der Waals surface area contributed by atoms with Crippen LogP contribution >= 0.6 is 0 Å². The summed E-state index contributed by atoms with van der Waals surface area (Å²) in [5.41, 5.74) is 3.60. The molecule has 7 heteroatoms. The Hall–Kier alpha value is -2.83. The first-order valence-corrected chi connectivity index (χ1v) is 7.86. The van der Waals surface area contributed by atoms with E-state index in [2.05, 4.69) is 15.8 Å². The molecule has 1 aliphatic rings. The number of amides is 2. The number of hydrogen-bond acceptors (Lipinski definition) is 5. The summed E-state index contributed by atoms with van der Waals surface area (Å²) in [6, 6.07) is 6.99. The number of carbonyl (C=O) groups is 2. The Labute approximate surface area is 140 Å². The van der Waals surface area contributed by atoms with Crippen molar-refractivity contribution in [3.63, 3.8) is 0 Å². The molecule has 0 fully saturated rings. The van der Waals surface area contributed by atoms with E-state index in [1.807, 2.05) is 18.2 Å². The van der Waals surface area contributed by atoms with Gasteiger partial charge in [0.2, 0.25) is 17.7 Å². The van der Waals surface area contributed by atoms with Gasteiger partial charge in [-0.3, -0.25) is 14.9 Å². The molecule has 2 amide bonds. The molecule has 0 saturated heterocycles. The van der Waals surface area contributed by atoms with Crippen LogP contribution in [-0.4, -0.2) is 29.6 Å². The third-order valence-electron chi connectivity index (χ3n) is 4.01. The van der Waals surface area contributed by atoms with Crippen molar-refractivity contribution in [2.45, 2.75) is 33.2 Å². The van der Waals surface area contributed by atoms with Crippen molar-refractivity contribution in [2.75, 3.05) is 22.1 Å². The summed E-state index contributed by atoms with van der Waals surface area (Å²) in [5.74, 6) is 0.166. The lowest BCUT2D eigenvalue weighted by Gasteiger charge is -2.17. The quantitative estimate of drug-likeness (QED) is 0.899. The zero-order valence-electron chi connectivity index (χ0n) is 13.9. The summed E-state index contributed by atoms with van der Waals surface area (Å²) in [6.07, 6.45) is 0.822. The summed E-state index contributed by atoms with van der Waals surface area (Å²) in [5, 5.41) is 9.57. The van der Waals surface area contributed by atoms with Crippen LogP contribution < -0.4 is 15.5 Å². The molecule has 3 rings (SSSR count). The summed E-state index contributed by atoms with van der Waals surface area (Å²) >= 11 is 0. The number of nitrogens with zero attached hydrogens (tertiary/aromatic N) is 2. The van der Waals surface area contributed by atoms with Gasteiger partial charge in [-0.25, -0.2) is 0 Å². The van der Waals surface area contributed by atoms with Gasteiger partial charge in [0.05, 0.1) is 5.69 Å². The predicted molar refractivity (Wildman–Crippen MR) is 91.1 cm³/mol. The van der Waals surface area contributed by atoms with Gasteiger partial charge in [0.15, 0.2) is 0 Å². The van der Waals surface area contributed by atoms with Gasteiger partial charge in [-0.15, -0.1) is 0 Å². The zero-order valence-corrected chi connectivity index (χ0v) is 13.9. The lowest BCUT2D eigenvalue weighted by Crippen LogP contribution is -2.31. The van der Waals surface area contributed by atoms with E-state index in [0.717, 1.165) is 23.4 Å². The number of benzene rings is 1. The van der Waals surface area contributed by atoms with Gasteiger partial charge in [0, 0.05) is 30.9 Å². The molecular formula is C17H20N4O3. The molecule has 2 aromatic rings. The molecule has 0 radical (unpaired) electrons. The van der Waals surface area contributed by atoms with Crippen LogP contribution in [-0.2, 0) is 16.0 Å². The molecule has 126 valence electrons. The average Bonchev–Trinajstić information content (AvgIpc) is 3.12. The highest BCUT2D eigenvalue weighted by atomic mass is 16.5. The fourth-order valence-electron chi connectivity index (χ4n) is 2.79. The Morgan fingerprint density at radius 3 is 2.79 bits per heavy atom. The van der Waals surface area contributed by atoms with Crippen LogP contribution in [0, 0.1) is 6.92 Å². The van der Waals surface area contributed by atoms with Crippen molar-refractivity contribution in [1.82, 2.24) is 5.16 Å².